The summed E-state index contributed by atoms with van der Waals surface area (Å²) in [7, 11) is -12.2. The average Bonchev–Trinajstić information content (AvgIpc) is 1.58. The second kappa shape index (κ2) is 53.5. The SMILES string of the molecule is C.C.C.C.C.CCCC[C@]1(CC)CS(=O)(=O)c2cc(O)c(O)cc2[C@@H](c2ccccc2)N1.CCCC[C@]1(CC)CS(=O)(=O)c2cc(O)c(OC)cc2[C@@H](c2ccccc2)N1.CCCC[C@]1(CC)CS(=O)(=O)c2cc(OC)c(Br)cc2[C@@H](c2ccccc2)N1O.CCCC[C@]1(CC)CS(=O)(=O)c2cc(OC)c(O)cc2[C@@H](c2ccccc2)N1.CCCC[C@]1(CC)CS(=O)(=O)c2cc(OC)c(O)cc2[C@@H](c2ccccc2)N1. The first kappa shape index (κ1) is 124. The van der Waals surface area contributed by atoms with Crippen molar-refractivity contribution in [2.45, 2.75) is 317 Å². The van der Waals surface area contributed by atoms with Crippen LogP contribution < -0.4 is 40.2 Å². The number of hydrogen-bond donors (Lipinski definition) is 10. The Balaban J connectivity index is 0.000000275. The molecule has 31 heteroatoms. The van der Waals surface area contributed by atoms with Crippen LogP contribution in [0.15, 0.2) is 241 Å². The Hall–Kier alpha value is -9.61. The largest absolute Gasteiger partial charge is 0.504 e. The molecule has 0 aromatic heterocycles. The molecule has 0 fully saturated rings. The lowest BCUT2D eigenvalue weighted by Gasteiger charge is -2.42. The molecule has 0 amide bonds. The van der Waals surface area contributed by atoms with E-state index in [4.69, 9.17) is 18.9 Å². The van der Waals surface area contributed by atoms with Gasteiger partial charge in [0.05, 0.1) is 122 Å². The van der Waals surface area contributed by atoms with Crippen molar-refractivity contribution in [2.75, 3.05) is 57.2 Å². The van der Waals surface area contributed by atoms with Crippen LogP contribution in [0.3, 0.4) is 0 Å². The van der Waals surface area contributed by atoms with Crippen LogP contribution >= 0.6 is 15.9 Å². The third kappa shape index (κ3) is 28.3. The van der Waals surface area contributed by atoms with Gasteiger partial charge in [0.15, 0.2) is 95.2 Å². The number of methoxy groups -OCH3 is 4. The number of sulfone groups is 5. The molecule has 5 aliphatic rings. The number of nitrogens with zero attached hydrogens (tertiary/aromatic N) is 1. The molecule has 800 valence electrons. The number of hydrogen-bond acceptors (Lipinski definition) is 25. The van der Waals surface area contributed by atoms with Gasteiger partial charge >= 0.3 is 0 Å². The van der Waals surface area contributed by atoms with Crippen LogP contribution in [0.2, 0.25) is 0 Å². The average molecular weight is 2160 g/mol. The highest BCUT2D eigenvalue weighted by Crippen LogP contribution is 2.51. The molecular formula is C114H162BrN5O20S5. The summed E-state index contributed by atoms with van der Waals surface area (Å²) in [5.41, 5.74) is 4.46. The van der Waals surface area contributed by atoms with Crippen molar-refractivity contribution in [3.05, 3.63) is 272 Å². The fraction of sp³-hybridized carbons (Fsp3) is 0.474. The van der Waals surface area contributed by atoms with Crippen molar-refractivity contribution < 1.29 is 91.8 Å². The molecule has 0 spiro atoms. The van der Waals surface area contributed by atoms with Crippen LogP contribution in [0.5, 0.6) is 51.7 Å². The Labute approximate surface area is 875 Å². The molecule has 5 heterocycles. The van der Waals surface area contributed by atoms with Gasteiger partial charge in [-0.2, -0.15) is 5.06 Å². The van der Waals surface area contributed by atoms with E-state index in [1.165, 1.54) is 76.0 Å². The number of ether oxygens (including phenoxy) is 4. The molecule has 0 radical (unpaired) electrons. The summed E-state index contributed by atoms with van der Waals surface area (Å²) >= 11 is 3.49. The zero-order valence-electron chi connectivity index (χ0n) is 83.0. The van der Waals surface area contributed by atoms with E-state index < -0.39 is 88.7 Å². The molecule has 145 heavy (non-hydrogen) atoms. The standard InChI is InChI=1S/C22H28BrNO4S.3C22H29NO4S.C21H27NO4S.5CH4/c1-4-6-12-22(5-2)15-29(26,27)20-14-19(28-3)18(23)13-17(20)21(24(22)25)16-10-8-7-9-11-16;1-4-6-12-22(5-2)15-28(25,26)20-14-18(24)19(27-3)13-17(20)21(23-22)16-10-8-7-9-11-16;2*1-4-6-12-22(5-2)15-28(25,26)20-14-19(27-3)18(24)13-17(20)21(23-22)16-10-8-7-9-11-16;1-3-5-11-21(4-2)14-27(25,26)19-13-18(24)17(23)12-16(19)20(22-21)15-9-7-6-8-10-15;;;;;/h7-11,13-14,21,25H,4-6,12,15H2,1-3H3;3*7-11,13-14,21,23-24H,4-6,12,15H2,1-3H3;6-10,12-13,20,22-24H,3-5,11,14H2,1-2H3;5*1H4/t4*21-,22-;20-,21-;;;;;/m11111...../s1. The Morgan fingerprint density at radius 1 is 0.297 bits per heavy atom. The van der Waals surface area contributed by atoms with Gasteiger partial charge in [-0.3, -0.25) is 21.3 Å². The third-order valence-electron chi connectivity index (χ3n) is 28.4. The Bertz CT molecular complexity index is 6300. The van der Waals surface area contributed by atoms with Gasteiger partial charge in [-0.25, -0.2) is 42.1 Å². The first-order valence-electron chi connectivity index (χ1n) is 48.8. The summed E-state index contributed by atoms with van der Waals surface area (Å²) in [5, 5.41) is 78.6. The van der Waals surface area contributed by atoms with Crippen molar-refractivity contribution >= 4 is 65.1 Å². The minimum Gasteiger partial charge on any atom is -0.504 e. The molecule has 10 aromatic rings. The predicted molar refractivity (Wildman–Crippen MR) is 589 cm³/mol. The number of fused-ring (bicyclic) bond motifs is 5. The Kier molecular flexibility index (Phi) is 45.8. The first-order chi connectivity index (χ1) is 66.7. The number of aromatic hydroxyl groups is 5. The van der Waals surface area contributed by atoms with Gasteiger partial charge in [0.2, 0.25) is 0 Å². The molecule has 15 rings (SSSR count). The normalized spacial score (nSPS) is 23.0. The summed E-state index contributed by atoms with van der Waals surface area (Å²) in [5.74, 6) is -0.0203. The fourth-order valence-corrected chi connectivity index (χ4v) is 31.4. The monoisotopic (exact) mass is 2160 g/mol. The molecule has 0 aliphatic carbocycles. The van der Waals surface area contributed by atoms with E-state index in [1.54, 1.807) is 18.2 Å². The first-order valence-corrected chi connectivity index (χ1v) is 57.9. The molecule has 10 aromatic carbocycles. The summed E-state index contributed by atoms with van der Waals surface area (Å²) in [6.07, 6.45) is 16.5. The van der Waals surface area contributed by atoms with E-state index in [1.807, 2.05) is 186 Å². The third-order valence-corrected chi connectivity index (χ3v) is 38.8. The molecule has 0 unspecified atom stereocenters. The number of rotatable bonds is 29. The van der Waals surface area contributed by atoms with E-state index in [0.29, 0.717) is 76.6 Å². The van der Waals surface area contributed by atoms with Gasteiger partial charge in [0.1, 0.15) is 5.75 Å². The minimum atomic E-state index is -3.65. The Morgan fingerprint density at radius 3 is 0.821 bits per heavy atom. The zero-order chi connectivity index (χ0) is 102. The number of benzene rings is 10. The summed E-state index contributed by atoms with van der Waals surface area (Å²) < 4.78 is 156. The van der Waals surface area contributed by atoms with Crippen LogP contribution in [0.25, 0.3) is 0 Å². The summed E-state index contributed by atoms with van der Waals surface area (Å²) in [6, 6.07) is 61.6. The number of halogens is 1. The number of phenolic OH excluding ortho intramolecular Hbond substituents is 5. The van der Waals surface area contributed by atoms with Crippen molar-refractivity contribution in [1.29, 1.82) is 0 Å². The fourth-order valence-electron chi connectivity index (χ4n) is 20.2. The van der Waals surface area contributed by atoms with Crippen LogP contribution in [0.4, 0.5) is 0 Å². The molecule has 0 saturated heterocycles. The van der Waals surface area contributed by atoms with Crippen LogP contribution in [-0.4, -0.2) is 163 Å². The maximum atomic E-state index is 13.5. The number of phenols is 5. The molecule has 10 atom stereocenters. The highest BCUT2D eigenvalue weighted by Gasteiger charge is 2.51. The van der Waals surface area contributed by atoms with Gasteiger partial charge in [-0.1, -0.05) is 322 Å². The topological polar surface area (TPSA) is 380 Å². The van der Waals surface area contributed by atoms with E-state index in [2.05, 4.69) is 71.8 Å². The van der Waals surface area contributed by atoms with Crippen molar-refractivity contribution in [3.8, 4) is 51.7 Å². The minimum absolute atomic E-state index is 0. The van der Waals surface area contributed by atoms with Crippen LogP contribution in [-0.2, 0) is 49.2 Å². The van der Waals surface area contributed by atoms with Gasteiger partial charge < -0.3 is 49.7 Å². The molecule has 5 aliphatic heterocycles. The quantitative estimate of drug-likeness (QED) is 0.0195. The maximum Gasteiger partial charge on any atom is 0.180 e. The number of unbranched alkanes of at least 4 members (excludes halogenated alkanes) is 5. The van der Waals surface area contributed by atoms with Crippen molar-refractivity contribution in [3.63, 3.8) is 0 Å². The predicted octanol–water partition coefficient (Wildman–Crippen LogP) is 25.1. The van der Waals surface area contributed by atoms with Crippen LogP contribution in [0.1, 0.15) is 321 Å². The maximum absolute atomic E-state index is 13.5. The second-order valence-electron chi connectivity index (χ2n) is 37.6. The summed E-state index contributed by atoms with van der Waals surface area (Å²) in [6.45, 7) is 20.6. The number of nitrogens with one attached hydrogen (secondary N) is 4. The molecule has 25 nitrogen and oxygen atoms in total. The smallest absolute Gasteiger partial charge is 0.180 e. The molecule has 0 bridgehead atoms. The van der Waals surface area contributed by atoms with Gasteiger partial charge in [-0.05, 0) is 166 Å². The molecular weight excluding hydrogens is 2000 g/mol. The lowest BCUT2D eigenvalue weighted by Crippen LogP contribution is -2.51. The lowest BCUT2D eigenvalue weighted by molar-refractivity contribution is -0.193. The lowest BCUT2D eigenvalue weighted by atomic mass is 9.87. The molecule has 10 N–H and O–H groups in total. The van der Waals surface area contributed by atoms with E-state index in [-0.39, 0.29) is 155 Å². The number of hydroxylamine groups is 2. The molecule has 0 saturated carbocycles. The van der Waals surface area contributed by atoms with Crippen LogP contribution in [0, 0.1) is 0 Å². The zero-order valence-corrected chi connectivity index (χ0v) is 88.7. The summed E-state index contributed by atoms with van der Waals surface area (Å²) in [4.78, 5) is 0.952. The highest BCUT2D eigenvalue weighted by molar-refractivity contribution is 9.10. The van der Waals surface area contributed by atoms with Gasteiger partial charge in [-0.15, -0.1) is 0 Å². The Morgan fingerprint density at radius 2 is 0.531 bits per heavy atom. The van der Waals surface area contributed by atoms with Crippen molar-refractivity contribution in [2.24, 2.45) is 0 Å². The van der Waals surface area contributed by atoms with E-state index >= 15 is 0 Å². The van der Waals surface area contributed by atoms with Crippen molar-refractivity contribution in [1.82, 2.24) is 26.3 Å². The van der Waals surface area contributed by atoms with Gasteiger partial charge in [0, 0.05) is 52.5 Å². The second-order valence-corrected chi connectivity index (χ2v) is 48.3. The van der Waals surface area contributed by atoms with E-state index in [0.717, 1.165) is 118 Å². The van der Waals surface area contributed by atoms with Gasteiger partial charge in [0.25, 0.3) is 0 Å². The highest BCUT2D eigenvalue weighted by atomic mass is 79.9. The van der Waals surface area contributed by atoms with E-state index in [9.17, 15) is 72.8 Å².